The van der Waals surface area contributed by atoms with E-state index in [1.54, 1.807) is 4.90 Å². The summed E-state index contributed by atoms with van der Waals surface area (Å²) in [6, 6.07) is 17.7. The highest BCUT2D eigenvalue weighted by Gasteiger charge is 2.35. The average molecular weight is 363 g/mol. The molecule has 0 bridgehead atoms. The third-order valence-electron chi connectivity index (χ3n) is 5.74. The molecule has 2 saturated heterocycles. The van der Waals surface area contributed by atoms with E-state index in [1.165, 1.54) is 5.56 Å². The van der Waals surface area contributed by atoms with Crippen molar-refractivity contribution in [3.8, 4) is 0 Å². The minimum atomic E-state index is 0.0142. The van der Waals surface area contributed by atoms with Gasteiger partial charge in [-0.1, -0.05) is 36.4 Å². The lowest BCUT2D eigenvalue weighted by Crippen LogP contribution is -2.30. The van der Waals surface area contributed by atoms with Crippen LogP contribution in [0.2, 0.25) is 0 Å². The van der Waals surface area contributed by atoms with Crippen molar-refractivity contribution < 1.29 is 9.59 Å². The molecule has 27 heavy (non-hydrogen) atoms. The summed E-state index contributed by atoms with van der Waals surface area (Å²) in [6.45, 7) is 2.64. The number of likely N-dealkylation sites (tertiary alicyclic amines) is 1. The highest BCUT2D eigenvalue weighted by Crippen LogP contribution is 2.33. The van der Waals surface area contributed by atoms with Gasteiger partial charge < -0.3 is 15.5 Å². The van der Waals surface area contributed by atoms with E-state index in [0.29, 0.717) is 31.6 Å². The topological polar surface area (TPSA) is 66.6 Å². The molecular formula is C22H25N3O2. The molecule has 2 aromatic carbocycles. The fourth-order valence-corrected chi connectivity index (χ4v) is 4.26. The lowest BCUT2D eigenvalue weighted by molar-refractivity contribution is -0.117. The molecule has 5 heteroatoms. The number of rotatable bonds is 4. The van der Waals surface area contributed by atoms with Crippen molar-refractivity contribution in [2.24, 2.45) is 11.7 Å². The summed E-state index contributed by atoms with van der Waals surface area (Å²) >= 11 is 0. The van der Waals surface area contributed by atoms with Crippen molar-refractivity contribution in [1.82, 2.24) is 4.90 Å². The normalized spacial score (nSPS) is 22.5. The zero-order chi connectivity index (χ0) is 18.8. The summed E-state index contributed by atoms with van der Waals surface area (Å²) < 4.78 is 0. The maximum atomic E-state index is 13.1. The van der Waals surface area contributed by atoms with Gasteiger partial charge in [-0.3, -0.25) is 9.59 Å². The van der Waals surface area contributed by atoms with Gasteiger partial charge in [0.15, 0.2) is 0 Å². The van der Waals surface area contributed by atoms with Crippen LogP contribution in [0.4, 0.5) is 5.69 Å². The van der Waals surface area contributed by atoms with E-state index in [0.717, 1.165) is 18.7 Å². The Morgan fingerprint density at radius 2 is 1.89 bits per heavy atom. The smallest absolute Gasteiger partial charge is 0.253 e. The number of nitrogens with two attached hydrogens (primary N) is 1. The van der Waals surface area contributed by atoms with Crippen molar-refractivity contribution in [3.63, 3.8) is 0 Å². The lowest BCUT2D eigenvalue weighted by Gasteiger charge is -2.19. The van der Waals surface area contributed by atoms with Gasteiger partial charge in [0.1, 0.15) is 0 Å². The average Bonchev–Trinajstić information content (AvgIpc) is 3.34. The molecule has 2 amide bonds. The first-order valence-electron chi connectivity index (χ1n) is 9.62. The number of carbonyl (C=O) groups excluding carboxylic acids is 2. The van der Waals surface area contributed by atoms with Crippen LogP contribution >= 0.6 is 0 Å². The second kappa shape index (κ2) is 7.53. The van der Waals surface area contributed by atoms with Gasteiger partial charge >= 0.3 is 0 Å². The van der Waals surface area contributed by atoms with Crippen molar-refractivity contribution in [2.45, 2.75) is 18.8 Å². The van der Waals surface area contributed by atoms with E-state index in [1.807, 2.05) is 47.4 Å². The van der Waals surface area contributed by atoms with E-state index < -0.39 is 0 Å². The van der Waals surface area contributed by atoms with Crippen LogP contribution in [0.15, 0.2) is 54.6 Å². The second-order valence-corrected chi connectivity index (χ2v) is 7.42. The fourth-order valence-electron chi connectivity index (χ4n) is 4.26. The Kier molecular flexibility index (Phi) is 4.94. The number of amides is 2. The minimum Gasteiger partial charge on any atom is -0.338 e. The van der Waals surface area contributed by atoms with Gasteiger partial charge in [0.05, 0.1) is 0 Å². The van der Waals surface area contributed by atoms with E-state index in [2.05, 4.69) is 12.1 Å². The second-order valence-electron chi connectivity index (χ2n) is 7.42. The van der Waals surface area contributed by atoms with Gasteiger partial charge in [-0.25, -0.2) is 0 Å². The Morgan fingerprint density at radius 1 is 1.07 bits per heavy atom. The minimum absolute atomic E-state index is 0.0142. The SMILES string of the molecule is NC[C@@H]1CN(C(=O)c2cccc(N3CCCC3=O)c2)C[C@H]1c1ccccc1. The van der Waals surface area contributed by atoms with Crippen molar-refractivity contribution in [1.29, 1.82) is 0 Å². The molecule has 0 radical (unpaired) electrons. The zero-order valence-corrected chi connectivity index (χ0v) is 15.4. The zero-order valence-electron chi connectivity index (χ0n) is 15.4. The summed E-state index contributed by atoms with van der Waals surface area (Å²) in [4.78, 5) is 28.8. The fraction of sp³-hybridized carbons (Fsp3) is 0.364. The highest BCUT2D eigenvalue weighted by atomic mass is 16.2. The van der Waals surface area contributed by atoms with Gasteiger partial charge in [0.25, 0.3) is 5.91 Å². The standard InChI is InChI=1S/C22H25N3O2/c23-13-18-14-24(15-20(18)16-6-2-1-3-7-16)22(27)17-8-4-9-19(12-17)25-11-5-10-21(25)26/h1-4,6-9,12,18,20H,5,10-11,13-15,23H2/t18-,20+/m1/s1. The van der Waals surface area contributed by atoms with E-state index in [-0.39, 0.29) is 23.7 Å². The predicted octanol–water partition coefficient (Wildman–Crippen LogP) is 2.63. The predicted molar refractivity (Wildman–Crippen MR) is 106 cm³/mol. The molecule has 2 heterocycles. The third-order valence-corrected chi connectivity index (χ3v) is 5.74. The number of carbonyl (C=O) groups is 2. The van der Waals surface area contributed by atoms with Gasteiger partial charge in [-0.05, 0) is 42.6 Å². The Morgan fingerprint density at radius 3 is 2.59 bits per heavy atom. The largest absolute Gasteiger partial charge is 0.338 e. The van der Waals surface area contributed by atoms with Crippen molar-refractivity contribution in [2.75, 3.05) is 31.1 Å². The summed E-state index contributed by atoms with van der Waals surface area (Å²) in [6.07, 6.45) is 1.46. The summed E-state index contributed by atoms with van der Waals surface area (Å²) in [5, 5.41) is 0. The molecule has 2 atom stereocenters. The maximum Gasteiger partial charge on any atom is 0.253 e. The molecule has 0 saturated carbocycles. The first-order valence-corrected chi connectivity index (χ1v) is 9.62. The monoisotopic (exact) mass is 363 g/mol. The maximum absolute atomic E-state index is 13.1. The molecule has 2 N–H and O–H groups in total. The molecule has 0 aliphatic carbocycles. The van der Waals surface area contributed by atoms with Crippen LogP contribution in [-0.4, -0.2) is 42.9 Å². The molecule has 4 rings (SSSR count). The van der Waals surface area contributed by atoms with Crippen LogP contribution in [-0.2, 0) is 4.79 Å². The highest BCUT2D eigenvalue weighted by molar-refractivity contribution is 5.99. The Hall–Kier alpha value is -2.66. The summed E-state index contributed by atoms with van der Waals surface area (Å²) in [5.74, 6) is 0.677. The molecule has 2 aliphatic rings. The molecule has 2 aliphatic heterocycles. The molecule has 5 nitrogen and oxygen atoms in total. The number of anilines is 1. The number of nitrogens with zero attached hydrogens (tertiary/aromatic N) is 2. The molecule has 0 spiro atoms. The Balaban J connectivity index is 1.54. The van der Waals surface area contributed by atoms with E-state index in [4.69, 9.17) is 5.73 Å². The van der Waals surface area contributed by atoms with Crippen LogP contribution in [0.3, 0.4) is 0 Å². The van der Waals surface area contributed by atoms with Crippen LogP contribution in [0.5, 0.6) is 0 Å². The van der Waals surface area contributed by atoms with Gasteiger partial charge in [-0.2, -0.15) is 0 Å². The lowest BCUT2D eigenvalue weighted by atomic mass is 9.89. The first-order chi connectivity index (χ1) is 13.2. The molecular weight excluding hydrogens is 338 g/mol. The van der Waals surface area contributed by atoms with Crippen LogP contribution < -0.4 is 10.6 Å². The molecule has 0 unspecified atom stereocenters. The van der Waals surface area contributed by atoms with E-state index in [9.17, 15) is 9.59 Å². The third kappa shape index (κ3) is 3.47. The van der Waals surface area contributed by atoms with Gasteiger partial charge in [-0.15, -0.1) is 0 Å². The Bertz CT molecular complexity index is 836. The van der Waals surface area contributed by atoms with Gasteiger partial charge in [0.2, 0.25) is 5.91 Å². The number of hydrogen-bond acceptors (Lipinski definition) is 3. The number of hydrogen-bond donors (Lipinski definition) is 1. The first kappa shape index (κ1) is 17.7. The van der Waals surface area contributed by atoms with Crippen molar-refractivity contribution in [3.05, 3.63) is 65.7 Å². The summed E-state index contributed by atoms with van der Waals surface area (Å²) in [7, 11) is 0. The molecule has 2 fully saturated rings. The Labute approximate surface area is 159 Å². The number of benzene rings is 2. The van der Waals surface area contributed by atoms with Gasteiger partial charge in [0, 0.05) is 43.2 Å². The quantitative estimate of drug-likeness (QED) is 0.908. The molecule has 140 valence electrons. The molecule has 0 aromatic heterocycles. The van der Waals surface area contributed by atoms with Crippen LogP contribution in [0.1, 0.15) is 34.7 Å². The van der Waals surface area contributed by atoms with Crippen LogP contribution in [0, 0.1) is 5.92 Å². The molecule has 2 aromatic rings. The van der Waals surface area contributed by atoms with Crippen molar-refractivity contribution >= 4 is 17.5 Å². The summed E-state index contributed by atoms with van der Waals surface area (Å²) in [5.41, 5.74) is 8.69. The van der Waals surface area contributed by atoms with E-state index >= 15 is 0 Å². The van der Waals surface area contributed by atoms with Crippen LogP contribution in [0.25, 0.3) is 0 Å².